The van der Waals surface area contributed by atoms with E-state index in [2.05, 4.69) is 42.0 Å². The highest BCUT2D eigenvalue weighted by Crippen LogP contribution is 2.26. The van der Waals surface area contributed by atoms with Crippen LogP contribution in [0.3, 0.4) is 0 Å². The molecule has 0 aliphatic heterocycles. The molecule has 2 nitrogen and oxygen atoms in total. The van der Waals surface area contributed by atoms with E-state index in [9.17, 15) is 4.39 Å². The van der Waals surface area contributed by atoms with Crippen LogP contribution in [0.2, 0.25) is 0 Å². The van der Waals surface area contributed by atoms with Gasteiger partial charge in [0.1, 0.15) is 5.75 Å². The molecule has 1 N–H and O–H groups in total. The molecule has 0 aromatic heterocycles. The summed E-state index contributed by atoms with van der Waals surface area (Å²) in [5.41, 5.74) is 1.29. The van der Waals surface area contributed by atoms with Crippen LogP contribution in [0.1, 0.15) is 32.8 Å². The van der Waals surface area contributed by atoms with Crippen molar-refractivity contribution in [1.82, 2.24) is 5.32 Å². The first kappa shape index (κ1) is 15.4. The highest BCUT2D eigenvalue weighted by atomic mass is 79.9. The third kappa shape index (κ3) is 5.83. The molecule has 0 saturated carbocycles. The van der Waals surface area contributed by atoms with Gasteiger partial charge in [-0.15, -0.1) is 0 Å². The van der Waals surface area contributed by atoms with Gasteiger partial charge in [-0.05, 0) is 54.4 Å². The number of rotatable bonds is 6. The van der Waals surface area contributed by atoms with Gasteiger partial charge in [0.2, 0.25) is 0 Å². The molecular weight excluding hydrogens is 297 g/mol. The second kappa shape index (κ2) is 7.10. The summed E-state index contributed by atoms with van der Waals surface area (Å²) in [4.78, 5) is 0. The average Bonchev–Trinajstić information content (AvgIpc) is 2.28. The smallest absolute Gasteiger partial charge is 0.133 e. The van der Waals surface area contributed by atoms with Crippen LogP contribution < -0.4 is 10.1 Å². The molecule has 1 aromatic carbocycles. The van der Waals surface area contributed by atoms with Crippen molar-refractivity contribution in [3.8, 4) is 5.75 Å². The molecule has 0 amide bonds. The highest BCUT2D eigenvalue weighted by molar-refractivity contribution is 9.10. The molecule has 0 bridgehead atoms. The van der Waals surface area contributed by atoms with Gasteiger partial charge in [-0.3, -0.25) is 4.39 Å². The van der Waals surface area contributed by atoms with Crippen LogP contribution in [0.15, 0.2) is 22.7 Å². The van der Waals surface area contributed by atoms with Crippen molar-refractivity contribution >= 4 is 15.9 Å². The summed E-state index contributed by atoms with van der Waals surface area (Å²) in [6.07, 6.45) is 0.430. The van der Waals surface area contributed by atoms with Crippen LogP contribution in [0, 0.1) is 0 Å². The van der Waals surface area contributed by atoms with Crippen molar-refractivity contribution < 1.29 is 9.13 Å². The minimum Gasteiger partial charge on any atom is -0.492 e. The van der Waals surface area contributed by atoms with E-state index in [1.807, 2.05) is 18.2 Å². The fourth-order valence-corrected chi connectivity index (χ4v) is 1.92. The van der Waals surface area contributed by atoms with Crippen LogP contribution in [0.5, 0.6) is 5.75 Å². The van der Waals surface area contributed by atoms with E-state index in [0.29, 0.717) is 13.0 Å². The standard InChI is InChI=1S/C14H21BrFNO/c1-14(2,3)17-10-11-5-6-13(12(15)9-11)18-8-4-7-16/h5-6,9,17H,4,7-8,10H2,1-3H3. The lowest BCUT2D eigenvalue weighted by atomic mass is 10.1. The van der Waals surface area contributed by atoms with Crippen molar-refractivity contribution in [1.29, 1.82) is 0 Å². The number of alkyl halides is 1. The van der Waals surface area contributed by atoms with E-state index in [1.54, 1.807) is 0 Å². The van der Waals surface area contributed by atoms with Crippen molar-refractivity contribution in [3.05, 3.63) is 28.2 Å². The second-order valence-corrected chi connectivity index (χ2v) is 6.11. The molecule has 4 heteroatoms. The number of halogens is 2. The van der Waals surface area contributed by atoms with E-state index < -0.39 is 0 Å². The summed E-state index contributed by atoms with van der Waals surface area (Å²) in [6, 6.07) is 5.97. The molecule has 102 valence electrons. The van der Waals surface area contributed by atoms with Crippen molar-refractivity contribution in [3.63, 3.8) is 0 Å². The highest BCUT2D eigenvalue weighted by Gasteiger charge is 2.09. The lowest BCUT2D eigenvalue weighted by molar-refractivity contribution is 0.288. The van der Waals surface area contributed by atoms with Crippen LogP contribution in [-0.2, 0) is 6.54 Å². The summed E-state index contributed by atoms with van der Waals surface area (Å²) < 4.78 is 18.4. The summed E-state index contributed by atoms with van der Waals surface area (Å²) in [6.45, 7) is 7.29. The second-order valence-electron chi connectivity index (χ2n) is 5.26. The topological polar surface area (TPSA) is 21.3 Å². The third-order valence-electron chi connectivity index (χ3n) is 2.35. The molecule has 0 heterocycles. The first-order chi connectivity index (χ1) is 8.42. The first-order valence-electron chi connectivity index (χ1n) is 6.14. The fourth-order valence-electron chi connectivity index (χ4n) is 1.38. The van der Waals surface area contributed by atoms with Gasteiger partial charge in [-0.25, -0.2) is 0 Å². The van der Waals surface area contributed by atoms with Crippen LogP contribution in [-0.4, -0.2) is 18.8 Å². The maximum atomic E-state index is 12.0. The Labute approximate surface area is 117 Å². The van der Waals surface area contributed by atoms with Crippen LogP contribution in [0.4, 0.5) is 4.39 Å². The maximum Gasteiger partial charge on any atom is 0.133 e. The van der Waals surface area contributed by atoms with E-state index in [-0.39, 0.29) is 12.2 Å². The maximum absolute atomic E-state index is 12.0. The minimum absolute atomic E-state index is 0.1000. The molecule has 0 atom stereocenters. The Morgan fingerprint density at radius 3 is 2.61 bits per heavy atom. The molecular formula is C14H21BrFNO. The molecule has 1 rings (SSSR count). The number of nitrogens with one attached hydrogen (secondary N) is 1. The Bertz CT molecular complexity index is 377. The van der Waals surface area contributed by atoms with E-state index in [4.69, 9.17) is 4.74 Å². The number of hydrogen-bond donors (Lipinski definition) is 1. The summed E-state index contributed by atoms with van der Waals surface area (Å²) >= 11 is 3.47. The Kier molecular flexibility index (Phi) is 6.09. The van der Waals surface area contributed by atoms with E-state index in [0.717, 1.165) is 16.8 Å². The SMILES string of the molecule is CC(C)(C)NCc1ccc(OCCCF)c(Br)c1. The van der Waals surface area contributed by atoms with Gasteiger partial charge < -0.3 is 10.1 Å². The number of hydrogen-bond acceptors (Lipinski definition) is 2. The molecule has 1 aromatic rings. The lowest BCUT2D eigenvalue weighted by Crippen LogP contribution is -2.35. The minimum atomic E-state index is -0.342. The van der Waals surface area contributed by atoms with E-state index >= 15 is 0 Å². The molecule has 0 radical (unpaired) electrons. The number of benzene rings is 1. The molecule has 0 unspecified atom stereocenters. The van der Waals surface area contributed by atoms with Crippen LogP contribution >= 0.6 is 15.9 Å². The monoisotopic (exact) mass is 317 g/mol. The Morgan fingerprint density at radius 1 is 1.33 bits per heavy atom. The quantitative estimate of drug-likeness (QED) is 0.798. The molecule has 0 fully saturated rings. The van der Waals surface area contributed by atoms with Gasteiger partial charge in [-0.1, -0.05) is 6.07 Å². The van der Waals surface area contributed by atoms with Gasteiger partial charge in [-0.2, -0.15) is 0 Å². The zero-order chi connectivity index (χ0) is 13.6. The molecule has 0 spiro atoms. The predicted octanol–water partition coefficient (Wildman–Crippen LogP) is 4.08. The third-order valence-corrected chi connectivity index (χ3v) is 2.97. The van der Waals surface area contributed by atoms with E-state index in [1.165, 1.54) is 5.56 Å². The fraction of sp³-hybridized carbons (Fsp3) is 0.571. The zero-order valence-electron chi connectivity index (χ0n) is 11.2. The predicted molar refractivity (Wildman–Crippen MR) is 76.8 cm³/mol. The Balaban J connectivity index is 2.56. The van der Waals surface area contributed by atoms with Crippen LogP contribution in [0.25, 0.3) is 0 Å². The Hall–Kier alpha value is -0.610. The average molecular weight is 318 g/mol. The normalized spacial score (nSPS) is 11.6. The van der Waals surface area contributed by atoms with Gasteiger partial charge in [0.05, 0.1) is 17.8 Å². The van der Waals surface area contributed by atoms with Crippen molar-refractivity contribution in [2.45, 2.75) is 39.3 Å². The van der Waals surface area contributed by atoms with Gasteiger partial charge in [0.15, 0.2) is 0 Å². The zero-order valence-corrected chi connectivity index (χ0v) is 12.8. The Morgan fingerprint density at radius 2 is 2.06 bits per heavy atom. The summed E-state index contributed by atoms with van der Waals surface area (Å²) in [7, 11) is 0. The molecule has 0 aliphatic rings. The summed E-state index contributed by atoms with van der Waals surface area (Å²) in [5, 5.41) is 3.43. The number of ether oxygens (including phenoxy) is 1. The van der Waals surface area contributed by atoms with Gasteiger partial charge in [0.25, 0.3) is 0 Å². The first-order valence-corrected chi connectivity index (χ1v) is 6.94. The van der Waals surface area contributed by atoms with Gasteiger partial charge in [0, 0.05) is 18.5 Å². The molecule has 18 heavy (non-hydrogen) atoms. The van der Waals surface area contributed by atoms with Crippen molar-refractivity contribution in [2.24, 2.45) is 0 Å². The lowest BCUT2D eigenvalue weighted by Gasteiger charge is -2.20. The van der Waals surface area contributed by atoms with Crippen molar-refractivity contribution in [2.75, 3.05) is 13.3 Å². The largest absolute Gasteiger partial charge is 0.492 e. The van der Waals surface area contributed by atoms with Gasteiger partial charge >= 0.3 is 0 Å². The molecule has 0 aliphatic carbocycles. The summed E-state index contributed by atoms with van der Waals surface area (Å²) in [5.74, 6) is 0.767. The molecule has 0 saturated heterocycles.